The van der Waals surface area contributed by atoms with Gasteiger partial charge in [0.1, 0.15) is 5.75 Å². The van der Waals surface area contributed by atoms with E-state index >= 15 is 0 Å². The number of rotatable bonds is 9. The summed E-state index contributed by atoms with van der Waals surface area (Å²) < 4.78 is 101. The van der Waals surface area contributed by atoms with Crippen LogP contribution in [-0.2, 0) is 10.3 Å². The minimum atomic E-state index is -6.37. The highest BCUT2D eigenvalue weighted by atomic mass is 19.4. The monoisotopic (exact) mass is 390 g/mol. The van der Waals surface area contributed by atoms with E-state index in [-0.39, 0.29) is 5.56 Å². The fraction of sp³-hybridized carbons (Fsp3) is 0.647. The third-order valence-electron chi connectivity index (χ3n) is 4.06. The van der Waals surface area contributed by atoms with Crippen LogP contribution >= 0.6 is 0 Å². The summed E-state index contributed by atoms with van der Waals surface area (Å²) in [5, 5.41) is 0. The van der Waals surface area contributed by atoms with Crippen molar-refractivity contribution < 1.29 is 40.2 Å². The second-order valence-electron chi connectivity index (χ2n) is 6.11. The second kappa shape index (κ2) is 8.02. The van der Waals surface area contributed by atoms with E-state index in [1.807, 2.05) is 6.92 Å². The molecular weight excluding hydrogens is 369 g/mol. The third-order valence-corrected chi connectivity index (χ3v) is 4.06. The van der Waals surface area contributed by atoms with Crippen molar-refractivity contribution in [3.63, 3.8) is 0 Å². The molecule has 1 aromatic carbocycles. The first-order chi connectivity index (χ1) is 11.8. The summed E-state index contributed by atoms with van der Waals surface area (Å²) in [6.45, 7) is 3.43. The molecule has 0 fully saturated rings. The van der Waals surface area contributed by atoms with Gasteiger partial charge in [-0.1, -0.05) is 25.5 Å². The van der Waals surface area contributed by atoms with Gasteiger partial charge in [-0.3, -0.25) is 0 Å². The van der Waals surface area contributed by atoms with Crippen LogP contribution in [0.15, 0.2) is 24.3 Å². The van der Waals surface area contributed by atoms with E-state index in [0.717, 1.165) is 26.9 Å². The smallest absolute Gasteiger partial charge is 0.459 e. The highest BCUT2D eigenvalue weighted by Gasteiger charge is 2.73. The molecule has 0 aliphatic heterocycles. The van der Waals surface area contributed by atoms with Crippen molar-refractivity contribution in [3.8, 4) is 5.75 Å². The van der Waals surface area contributed by atoms with Gasteiger partial charge in [0, 0.05) is 7.11 Å². The van der Waals surface area contributed by atoms with Gasteiger partial charge in [0.15, 0.2) is 0 Å². The van der Waals surface area contributed by atoms with E-state index in [1.165, 1.54) is 24.3 Å². The molecule has 2 nitrogen and oxygen atoms in total. The van der Waals surface area contributed by atoms with Gasteiger partial charge < -0.3 is 9.47 Å². The summed E-state index contributed by atoms with van der Waals surface area (Å²) in [6.07, 6.45) is -6.51. The van der Waals surface area contributed by atoms with Crippen LogP contribution in [0.25, 0.3) is 0 Å². The number of unbranched alkanes of at least 4 members (excludes halogenated alkanes) is 1. The minimum Gasteiger partial charge on any atom is -0.494 e. The lowest BCUT2D eigenvalue weighted by Crippen LogP contribution is -2.54. The Hall–Kier alpha value is -1.51. The van der Waals surface area contributed by atoms with Crippen molar-refractivity contribution >= 4 is 0 Å². The normalized spacial score (nSPS) is 15.6. The molecule has 1 unspecified atom stereocenters. The lowest BCUT2D eigenvalue weighted by atomic mass is 9.87. The maximum atomic E-state index is 13.8. The van der Waals surface area contributed by atoms with E-state index in [2.05, 4.69) is 0 Å². The predicted octanol–water partition coefficient (Wildman–Crippen LogP) is 5.95. The summed E-state index contributed by atoms with van der Waals surface area (Å²) in [5.41, 5.74) is -2.03. The molecule has 0 radical (unpaired) electrons. The molecular formula is C17H21F7O2. The van der Waals surface area contributed by atoms with Gasteiger partial charge in [-0.25, -0.2) is 0 Å². The Kier molecular flexibility index (Phi) is 6.95. The van der Waals surface area contributed by atoms with Gasteiger partial charge in [-0.05, 0) is 31.0 Å². The second-order valence-corrected chi connectivity index (χ2v) is 6.11. The van der Waals surface area contributed by atoms with Crippen LogP contribution in [-0.4, -0.2) is 31.7 Å². The summed E-state index contributed by atoms with van der Waals surface area (Å²) in [5.74, 6) is -11.1. The number of ether oxygens (including phenoxy) is 2. The first-order valence-electron chi connectivity index (χ1n) is 7.91. The Morgan fingerprint density at radius 1 is 0.923 bits per heavy atom. The molecule has 0 aromatic heterocycles. The van der Waals surface area contributed by atoms with Crippen LogP contribution in [0, 0.1) is 0 Å². The van der Waals surface area contributed by atoms with E-state index in [4.69, 9.17) is 9.47 Å². The maximum Gasteiger partial charge on any atom is 0.459 e. The molecule has 0 N–H and O–H groups in total. The lowest BCUT2D eigenvalue weighted by Gasteiger charge is -2.36. The van der Waals surface area contributed by atoms with Gasteiger partial charge >= 0.3 is 18.0 Å². The highest BCUT2D eigenvalue weighted by molar-refractivity contribution is 5.31. The number of benzene rings is 1. The van der Waals surface area contributed by atoms with Crippen LogP contribution in [0.5, 0.6) is 5.75 Å². The molecule has 1 aromatic rings. The lowest BCUT2D eigenvalue weighted by molar-refractivity contribution is -0.361. The van der Waals surface area contributed by atoms with Crippen LogP contribution < -0.4 is 4.74 Å². The van der Waals surface area contributed by atoms with Crippen LogP contribution in [0.4, 0.5) is 30.7 Å². The highest BCUT2D eigenvalue weighted by Crippen LogP contribution is 2.51. The zero-order valence-corrected chi connectivity index (χ0v) is 14.6. The van der Waals surface area contributed by atoms with E-state index < -0.39 is 30.0 Å². The molecule has 0 saturated carbocycles. The standard InChI is InChI=1S/C17H21F7O2/c1-4-5-10-26-13-8-6-12(7-9-13)14(2,25-3)11-15(18,19)16(20,21)17(22,23)24/h6-9H,4-5,10-11H2,1-3H3. The largest absolute Gasteiger partial charge is 0.494 e. The summed E-state index contributed by atoms with van der Waals surface area (Å²) in [6, 6.07) is 5.43. The minimum absolute atomic E-state index is 0.0282. The molecule has 0 aliphatic carbocycles. The van der Waals surface area contributed by atoms with Gasteiger partial charge in [-0.15, -0.1) is 0 Å². The van der Waals surface area contributed by atoms with Crippen molar-refractivity contribution in [2.45, 2.75) is 56.7 Å². The average Bonchev–Trinajstić information content (AvgIpc) is 2.54. The quantitative estimate of drug-likeness (QED) is 0.383. The Balaban J connectivity index is 3.04. The molecule has 150 valence electrons. The van der Waals surface area contributed by atoms with Crippen molar-refractivity contribution in [2.75, 3.05) is 13.7 Å². The Morgan fingerprint density at radius 3 is 1.88 bits per heavy atom. The number of alkyl halides is 7. The predicted molar refractivity (Wildman–Crippen MR) is 81.8 cm³/mol. The first kappa shape index (κ1) is 22.5. The Labute approximate surface area is 147 Å². The van der Waals surface area contributed by atoms with E-state index in [9.17, 15) is 30.7 Å². The molecule has 0 heterocycles. The van der Waals surface area contributed by atoms with Crippen molar-refractivity contribution in [3.05, 3.63) is 29.8 Å². The van der Waals surface area contributed by atoms with Gasteiger partial charge in [0.2, 0.25) is 0 Å². The fourth-order valence-electron chi connectivity index (χ4n) is 2.27. The zero-order valence-electron chi connectivity index (χ0n) is 14.6. The number of methoxy groups -OCH3 is 1. The molecule has 0 spiro atoms. The molecule has 1 rings (SSSR count). The van der Waals surface area contributed by atoms with Gasteiger partial charge in [-0.2, -0.15) is 30.7 Å². The molecule has 0 aliphatic rings. The third kappa shape index (κ3) is 4.81. The number of halogens is 7. The molecule has 9 heteroatoms. The molecule has 1 atom stereocenters. The Bertz CT molecular complexity index is 569. The summed E-state index contributed by atoms with van der Waals surface area (Å²) in [7, 11) is 0.966. The molecule has 0 amide bonds. The topological polar surface area (TPSA) is 18.5 Å². The number of hydrogen-bond donors (Lipinski definition) is 0. The summed E-state index contributed by atoms with van der Waals surface area (Å²) >= 11 is 0. The van der Waals surface area contributed by atoms with Crippen molar-refractivity contribution in [1.29, 1.82) is 0 Å². The average molecular weight is 390 g/mol. The van der Waals surface area contributed by atoms with Crippen molar-refractivity contribution in [1.82, 2.24) is 0 Å². The summed E-state index contributed by atoms with van der Waals surface area (Å²) in [4.78, 5) is 0. The van der Waals surface area contributed by atoms with Crippen molar-refractivity contribution in [2.24, 2.45) is 0 Å². The molecule has 26 heavy (non-hydrogen) atoms. The maximum absolute atomic E-state index is 13.8. The fourth-order valence-corrected chi connectivity index (χ4v) is 2.27. The number of hydrogen-bond acceptors (Lipinski definition) is 2. The van der Waals surface area contributed by atoms with E-state index in [1.54, 1.807) is 0 Å². The SMILES string of the molecule is CCCCOc1ccc(C(C)(CC(F)(F)C(F)(F)C(F)(F)F)OC)cc1. The van der Waals surface area contributed by atoms with Gasteiger partial charge in [0.05, 0.1) is 18.6 Å². The molecule has 0 saturated heterocycles. The molecule has 0 bridgehead atoms. The zero-order chi connectivity index (χ0) is 20.2. The van der Waals surface area contributed by atoms with Crippen LogP contribution in [0.3, 0.4) is 0 Å². The van der Waals surface area contributed by atoms with Gasteiger partial charge in [0.25, 0.3) is 0 Å². The Morgan fingerprint density at radius 2 is 1.46 bits per heavy atom. The van der Waals surface area contributed by atoms with E-state index in [0.29, 0.717) is 12.4 Å². The van der Waals surface area contributed by atoms with Crippen LogP contribution in [0.1, 0.15) is 38.7 Å². The van der Waals surface area contributed by atoms with Crippen LogP contribution in [0.2, 0.25) is 0 Å². The first-order valence-corrected chi connectivity index (χ1v) is 7.91.